The number of Topliss-reactive ketones (excluding diaryl/α,β-unsaturated/α-hetero) is 1. The molecule has 4 rings (SSSR count). The van der Waals surface area contributed by atoms with E-state index in [0.717, 1.165) is 22.4 Å². The van der Waals surface area contributed by atoms with Gasteiger partial charge in [-0.25, -0.2) is 0 Å². The van der Waals surface area contributed by atoms with Crippen LogP contribution < -0.4 is 5.32 Å². The van der Waals surface area contributed by atoms with E-state index in [9.17, 15) is 10.1 Å². The molecule has 6 nitrogen and oxygen atoms in total. The third-order valence-corrected chi connectivity index (χ3v) is 5.50. The molecule has 3 aromatic rings. The van der Waals surface area contributed by atoms with Gasteiger partial charge in [0.25, 0.3) is 0 Å². The van der Waals surface area contributed by atoms with Crippen LogP contribution in [0.2, 0.25) is 0 Å². The Morgan fingerprint density at radius 2 is 1.97 bits per heavy atom. The van der Waals surface area contributed by atoms with E-state index in [4.69, 9.17) is 4.74 Å². The molecule has 1 aliphatic rings. The molecule has 1 aliphatic heterocycles. The van der Waals surface area contributed by atoms with E-state index >= 15 is 0 Å². The maximum absolute atomic E-state index is 12.8. The number of carbonyl (C=O) groups is 1. The largest absolute Gasteiger partial charge is 0.384 e. The minimum atomic E-state index is 0.0301. The highest BCUT2D eigenvalue weighted by molar-refractivity contribution is 6.11. The Balaban J connectivity index is 1.43. The van der Waals surface area contributed by atoms with E-state index in [2.05, 4.69) is 21.4 Å². The summed E-state index contributed by atoms with van der Waals surface area (Å²) in [6, 6.07) is 21.4. The Labute approximate surface area is 187 Å². The monoisotopic (exact) mass is 424 g/mol. The lowest BCUT2D eigenvalue weighted by atomic mass is 9.93. The first-order valence-corrected chi connectivity index (χ1v) is 10.5. The number of amidine groups is 1. The number of nitriles is 1. The second kappa shape index (κ2) is 9.99. The Morgan fingerprint density at radius 3 is 2.75 bits per heavy atom. The number of carbonyl (C=O) groups excluding carboxylic acids is 1. The summed E-state index contributed by atoms with van der Waals surface area (Å²) < 4.78 is 5.34. The molecule has 160 valence electrons. The van der Waals surface area contributed by atoms with Crippen molar-refractivity contribution in [2.24, 2.45) is 4.99 Å². The molecule has 0 spiro atoms. The Hall–Kier alpha value is -3.82. The van der Waals surface area contributed by atoms with Gasteiger partial charge in [0.2, 0.25) is 0 Å². The first kappa shape index (κ1) is 21.4. The van der Waals surface area contributed by atoms with Crippen molar-refractivity contribution in [2.45, 2.75) is 25.3 Å². The van der Waals surface area contributed by atoms with E-state index in [1.165, 1.54) is 0 Å². The Bertz CT molecular complexity index is 1180. The Kier molecular flexibility index (Phi) is 6.69. The molecule has 1 N–H and O–H groups in total. The van der Waals surface area contributed by atoms with Crippen molar-refractivity contribution in [2.75, 3.05) is 19.0 Å². The number of nitrogens with zero attached hydrogens (tertiary/aromatic N) is 3. The van der Waals surface area contributed by atoms with Crippen molar-refractivity contribution >= 4 is 17.3 Å². The molecular formula is C26H24N4O2. The van der Waals surface area contributed by atoms with Crippen molar-refractivity contribution in [1.29, 1.82) is 5.26 Å². The molecule has 0 saturated heterocycles. The molecule has 32 heavy (non-hydrogen) atoms. The molecule has 2 heterocycles. The number of pyridine rings is 1. The molecular weight excluding hydrogens is 400 g/mol. The van der Waals surface area contributed by atoms with Crippen molar-refractivity contribution in [3.8, 4) is 6.07 Å². The summed E-state index contributed by atoms with van der Waals surface area (Å²) in [5, 5.41) is 12.5. The smallest absolute Gasteiger partial charge is 0.139 e. The lowest BCUT2D eigenvalue weighted by Gasteiger charge is -2.16. The molecule has 1 atom stereocenters. The second-order valence-corrected chi connectivity index (χ2v) is 7.76. The van der Waals surface area contributed by atoms with Crippen LogP contribution in [0.1, 0.15) is 40.3 Å². The number of methoxy groups -OCH3 is 1. The number of rotatable bonds is 8. The maximum Gasteiger partial charge on any atom is 0.139 e. The summed E-state index contributed by atoms with van der Waals surface area (Å²) in [6.45, 7) is 1.02. The fraction of sp³-hybridized carbons (Fsp3) is 0.231. The van der Waals surface area contributed by atoms with Gasteiger partial charge in [-0.1, -0.05) is 42.5 Å². The van der Waals surface area contributed by atoms with Crippen LogP contribution in [0.3, 0.4) is 0 Å². The second-order valence-electron chi connectivity index (χ2n) is 7.76. The minimum absolute atomic E-state index is 0.0301. The normalized spacial score (nSPS) is 13.1. The Morgan fingerprint density at radius 1 is 1.19 bits per heavy atom. The van der Waals surface area contributed by atoms with E-state index < -0.39 is 0 Å². The van der Waals surface area contributed by atoms with Gasteiger partial charge in [0.1, 0.15) is 17.7 Å². The van der Waals surface area contributed by atoms with Crippen LogP contribution in [0.5, 0.6) is 0 Å². The molecule has 0 bridgehead atoms. The maximum atomic E-state index is 12.8. The van der Waals surface area contributed by atoms with Gasteiger partial charge in [-0.15, -0.1) is 0 Å². The number of anilines is 1. The van der Waals surface area contributed by atoms with Gasteiger partial charge in [-0.3, -0.25) is 14.8 Å². The SMILES string of the molecule is COC[C@@H](CC(=O)Cc1cc2c(cn1)C(Nc1ccccc1C#N)=NC2)c1ccccc1. The zero-order valence-electron chi connectivity index (χ0n) is 17.9. The number of para-hydroxylation sites is 1. The van der Waals surface area contributed by atoms with E-state index in [1.54, 1.807) is 19.4 Å². The van der Waals surface area contributed by atoms with Crippen LogP contribution in [0.25, 0.3) is 0 Å². The number of benzene rings is 2. The van der Waals surface area contributed by atoms with Crippen LogP contribution in [0, 0.1) is 11.3 Å². The van der Waals surface area contributed by atoms with Crippen molar-refractivity contribution in [1.82, 2.24) is 4.98 Å². The number of aliphatic imine (C=N–C) groups is 1. The summed E-state index contributed by atoms with van der Waals surface area (Å²) in [6.07, 6.45) is 2.45. The average molecular weight is 425 g/mol. The number of ether oxygens (including phenoxy) is 1. The van der Waals surface area contributed by atoms with Crippen molar-refractivity contribution in [3.63, 3.8) is 0 Å². The standard InChI is InChI=1S/C26H24N4O2/c1-32-17-21(18-7-3-2-4-8-18)12-23(31)13-22-11-20-15-29-26(24(20)16-28-22)30-25-10-6-5-9-19(25)14-27/h2-11,16,21H,12-13,15,17H2,1H3,(H,29,30)/t21-/m1/s1. The molecule has 2 aromatic carbocycles. The quantitative estimate of drug-likeness (QED) is 0.584. The summed E-state index contributed by atoms with van der Waals surface area (Å²) in [4.78, 5) is 21.9. The molecule has 0 aliphatic carbocycles. The fourth-order valence-corrected chi connectivity index (χ4v) is 3.91. The average Bonchev–Trinajstić information content (AvgIpc) is 3.21. The topological polar surface area (TPSA) is 87.4 Å². The first-order chi connectivity index (χ1) is 15.7. The van der Waals surface area contributed by atoms with Crippen LogP contribution in [0.15, 0.2) is 71.9 Å². The predicted molar refractivity (Wildman–Crippen MR) is 124 cm³/mol. The lowest BCUT2D eigenvalue weighted by molar-refractivity contribution is -0.119. The first-order valence-electron chi connectivity index (χ1n) is 10.5. The molecule has 0 saturated carbocycles. The van der Waals surface area contributed by atoms with Crippen LogP contribution in [-0.4, -0.2) is 30.3 Å². The van der Waals surface area contributed by atoms with E-state index in [0.29, 0.717) is 36.7 Å². The number of aromatic nitrogens is 1. The number of hydrogen-bond donors (Lipinski definition) is 1. The third-order valence-electron chi connectivity index (χ3n) is 5.50. The molecule has 0 fully saturated rings. The van der Waals surface area contributed by atoms with E-state index in [-0.39, 0.29) is 18.1 Å². The van der Waals surface area contributed by atoms with E-state index in [1.807, 2.05) is 54.6 Å². The summed E-state index contributed by atoms with van der Waals surface area (Å²) in [5.41, 5.74) is 5.04. The number of nitrogens with one attached hydrogen (secondary N) is 1. The molecule has 6 heteroatoms. The zero-order chi connectivity index (χ0) is 22.3. The van der Waals surface area contributed by atoms with Gasteiger partial charge in [0.05, 0.1) is 24.4 Å². The zero-order valence-corrected chi connectivity index (χ0v) is 17.9. The highest BCUT2D eigenvalue weighted by Crippen LogP contribution is 2.24. The van der Waals surface area contributed by atoms with Crippen LogP contribution >= 0.6 is 0 Å². The van der Waals surface area contributed by atoms with Crippen LogP contribution in [0.4, 0.5) is 5.69 Å². The highest BCUT2D eigenvalue weighted by Gasteiger charge is 2.20. The highest BCUT2D eigenvalue weighted by atomic mass is 16.5. The third kappa shape index (κ3) is 4.90. The van der Waals surface area contributed by atoms with Gasteiger partial charge in [0, 0.05) is 43.3 Å². The lowest BCUT2D eigenvalue weighted by Crippen LogP contribution is -2.15. The number of ketones is 1. The van der Waals surface area contributed by atoms with Gasteiger partial charge in [-0.2, -0.15) is 5.26 Å². The summed E-state index contributed by atoms with van der Waals surface area (Å²) in [7, 11) is 1.66. The predicted octanol–water partition coefficient (Wildman–Crippen LogP) is 4.26. The van der Waals surface area contributed by atoms with Crippen molar-refractivity contribution in [3.05, 3.63) is 94.8 Å². The fourth-order valence-electron chi connectivity index (χ4n) is 3.91. The number of fused-ring (bicyclic) bond motifs is 1. The summed E-state index contributed by atoms with van der Waals surface area (Å²) in [5.74, 6) is 0.850. The van der Waals surface area contributed by atoms with Gasteiger partial charge in [0.15, 0.2) is 0 Å². The molecule has 0 radical (unpaired) electrons. The van der Waals surface area contributed by atoms with Gasteiger partial charge >= 0.3 is 0 Å². The molecule has 1 aromatic heterocycles. The number of hydrogen-bond acceptors (Lipinski definition) is 6. The molecule has 0 unspecified atom stereocenters. The molecule has 0 amide bonds. The van der Waals surface area contributed by atoms with Gasteiger partial charge < -0.3 is 10.1 Å². The van der Waals surface area contributed by atoms with Crippen LogP contribution in [-0.2, 0) is 22.5 Å². The van der Waals surface area contributed by atoms with Gasteiger partial charge in [-0.05, 0) is 29.3 Å². The van der Waals surface area contributed by atoms with Crippen molar-refractivity contribution < 1.29 is 9.53 Å². The minimum Gasteiger partial charge on any atom is -0.384 e. The summed E-state index contributed by atoms with van der Waals surface area (Å²) >= 11 is 0.